The Balaban J connectivity index is 1.62. The number of nitrogens with zero attached hydrogens (tertiary/aromatic N) is 2. The lowest BCUT2D eigenvalue weighted by Gasteiger charge is -2.41. The maximum Gasteiger partial charge on any atom is 0.141 e. The molecule has 2 heterocycles. The summed E-state index contributed by atoms with van der Waals surface area (Å²) in [6.45, 7) is 10.5. The molecule has 5 rings (SSSR count). The highest BCUT2D eigenvalue weighted by atomic mass is 15.2. The van der Waals surface area contributed by atoms with Gasteiger partial charge in [0.2, 0.25) is 0 Å². The monoisotopic (exact) mass is 454 g/mol. The Hall–Kier alpha value is -4.17. The molecule has 2 heteroatoms. The van der Waals surface area contributed by atoms with Crippen molar-refractivity contribution >= 4 is 22.8 Å². The van der Waals surface area contributed by atoms with E-state index in [1.54, 1.807) is 0 Å². The first-order valence-corrected chi connectivity index (χ1v) is 12.1. The van der Waals surface area contributed by atoms with Crippen LogP contribution in [0.3, 0.4) is 0 Å². The summed E-state index contributed by atoms with van der Waals surface area (Å²) < 4.78 is 0. The number of hydrogen-bond donors (Lipinski definition) is 0. The second-order valence-corrected chi connectivity index (χ2v) is 9.34. The highest BCUT2D eigenvalue weighted by Gasteiger charge is 2.37. The van der Waals surface area contributed by atoms with Crippen LogP contribution in [0.25, 0.3) is 16.7 Å². The molecule has 1 aromatic heterocycles. The van der Waals surface area contributed by atoms with Crippen molar-refractivity contribution in [3.05, 3.63) is 139 Å². The SMILES string of the molecule is C=C/C=C(\C=C/C)c1ccc(-c2ccc3c(c2)C(C)(C)c2cccnc2N3c2ccccc2)cc1. The predicted molar refractivity (Wildman–Crippen MR) is 149 cm³/mol. The van der Waals surface area contributed by atoms with Crippen molar-refractivity contribution in [2.24, 2.45) is 0 Å². The van der Waals surface area contributed by atoms with Gasteiger partial charge >= 0.3 is 0 Å². The Labute approximate surface area is 208 Å². The molecule has 4 aromatic rings. The third kappa shape index (κ3) is 4.02. The van der Waals surface area contributed by atoms with Gasteiger partial charge in [0, 0.05) is 22.9 Å². The van der Waals surface area contributed by atoms with E-state index in [9.17, 15) is 0 Å². The first kappa shape index (κ1) is 22.6. The summed E-state index contributed by atoms with van der Waals surface area (Å²) in [5.41, 5.74) is 9.40. The number of aromatic nitrogens is 1. The van der Waals surface area contributed by atoms with Gasteiger partial charge in [-0.2, -0.15) is 0 Å². The van der Waals surface area contributed by atoms with E-state index in [0.717, 1.165) is 17.1 Å². The first-order valence-electron chi connectivity index (χ1n) is 12.1. The second-order valence-electron chi connectivity index (χ2n) is 9.34. The maximum absolute atomic E-state index is 4.82. The van der Waals surface area contributed by atoms with Crippen molar-refractivity contribution < 1.29 is 0 Å². The molecule has 0 radical (unpaired) electrons. The zero-order valence-corrected chi connectivity index (χ0v) is 20.6. The molecule has 2 nitrogen and oxygen atoms in total. The number of para-hydroxylation sites is 1. The van der Waals surface area contributed by atoms with Gasteiger partial charge in [-0.05, 0) is 65.1 Å². The maximum atomic E-state index is 4.82. The second kappa shape index (κ2) is 9.23. The van der Waals surface area contributed by atoms with Crippen LogP contribution in [-0.4, -0.2) is 4.98 Å². The molecule has 3 aromatic carbocycles. The molecule has 1 aliphatic rings. The highest BCUT2D eigenvalue weighted by molar-refractivity contribution is 5.86. The van der Waals surface area contributed by atoms with Crippen molar-refractivity contribution in [3.63, 3.8) is 0 Å². The van der Waals surface area contributed by atoms with Crippen LogP contribution in [0, 0.1) is 0 Å². The minimum absolute atomic E-state index is 0.175. The van der Waals surface area contributed by atoms with Gasteiger partial charge in [0.25, 0.3) is 0 Å². The molecule has 0 atom stereocenters. The lowest BCUT2D eigenvalue weighted by atomic mass is 9.74. The number of hydrogen-bond acceptors (Lipinski definition) is 2. The van der Waals surface area contributed by atoms with Crippen LogP contribution in [0.5, 0.6) is 0 Å². The van der Waals surface area contributed by atoms with Crippen LogP contribution in [-0.2, 0) is 5.41 Å². The number of rotatable bonds is 5. The molecule has 35 heavy (non-hydrogen) atoms. The molecule has 0 aliphatic carbocycles. The van der Waals surface area contributed by atoms with Gasteiger partial charge in [-0.15, -0.1) is 0 Å². The molecular weight excluding hydrogens is 424 g/mol. The fourth-order valence-electron chi connectivity index (χ4n) is 4.98. The van der Waals surface area contributed by atoms with Crippen molar-refractivity contribution in [2.45, 2.75) is 26.2 Å². The quantitative estimate of drug-likeness (QED) is 0.280. The lowest BCUT2D eigenvalue weighted by molar-refractivity contribution is 0.627. The molecular formula is C33H30N2. The van der Waals surface area contributed by atoms with Gasteiger partial charge in [-0.3, -0.25) is 4.90 Å². The fraction of sp³-hybridized carbons (Fsp3) is 0.121. The molecule has 0 fully saturated rings. The van der Waals surface area contributed by atoms with Crippen LogP contribution >= 0.6 is 0 Å². The van der Waals surface area contributed by atoms with Crippen LogP contribution in [0.2, 0.25) is 0 Å². The van der Waals surface area contributed by atoms with E-state index >= 15 is 0 Å². The molecule has 172 valence electrons. The van der Waals surface area contributed by atoms with E-state index in [1.807, 2.05) is 31.3 Å². The Morgan fingerprint density at radius 2 is 1.60 bits per heavy atom. The van der Waals surface area contributed by atoms with Crippen LogP contribution in [0.4, 0.5) is 17.2 Å². The largest absolute Gasteiger partial charge is 0.294 e. The zero-order valence-electron chi connectivity index (χ0n) is 20.6. The lowest BCUT2D eigenvalue weighted by Crippen LogP contribution is -2.31. The summed E-state index contributed by atoms with van der Waals surface area (Å²) in [4.78, 5) is 7.10. The number of benzene rings is 3. The van der Waals surface area contributed by atoms with Crippen molar-refractivity contribution in [1.82, 2.24) is 4.98 Å². The third-order valence-corrected chi connectivity index (χ3v) is 6.79. The van der Waals surface area contributed by atoms with Gasteiger partial charge in [0.05, 0.1) is 5.69 Å². The Morgan fingerprint density at radius 1 is 0.857 bits per heavy atom. The van der Waals surface area contributed by atoms with E-state index < -0.39 is 0 Å². The summed E-state index contributed by atoms with van der Waals surface area (Å²) in [7, 11) is 0. The first-order chi connectivity index (χ1) is 17.0. The van der Waals surface area contributed by atoms with Crippen LogP contribution in [0.15, 0.2) is 122 Å². The molecule has 0 bridgehead atoms. The van der Waals surface area contributed by atoms with Crippen molar-refractivity contribution in [3.8, 4) is 11.1 Å². The highest BCUT2D eigenvalue weighted by Crippen LogP contribution is 2.51. The molecule has 0 spiro atoms. The third-order valence-electron chi connectivity index (χ3n) is 6.79. The molecule has 0 saturated heterocycles. The van der Waals surface area contributed by atoms with Crippen molar-refractivity contribution in [1.29, 1.82) is 0 Å². The van der Waals surface area contributed by atoms with Gasteiger partial charge in [-0.25, -0.2) is 4.98 Å². The topological polar surface area (TPSA) is 16.1 Å². The number of pyridine rings is 1. The van der Waals surface area contributed by atoms with Crippen molar-refractivity contribution in [2.75, 3.05) is 4.90 Å². The summed E-state index contributed by atoms with van der Waals surface area (Å²) in [6.07, 6.45) is 9.93. The number of anilines is 3. The van der Waals surface area contributed by atoms with Gasteiger partial charge in [-0.1, -0.05) is 99.3 Å². The van der Waals surface area contributed by atoms with Gasteiger partial charge < -0.3 is 0 Å². The summed E-state index contributed by atoms with van der Waals surface area (Å²) in [5, 5.41) is 0. The molecule has 0 saturated carbocycles. The van der Waals surface area contributed by atoms with Gasteiger partial charge in [0.1, 0.15) is 5.82 Å². The fourth-order valence-corrected chi connectivity index (χ4v) is 4.98. The smallest absolute Gasteiger partial charge is 0.141 e. The van der Waals surface area contributed by atoms with E-state index in [0.29, 0.717) is 0 Å². The summed E-state index contributed by atoms with van der Waals surface area (Å²) >= 11 is 0. The zero-order chi connectivity index (χ0) is 24.4. The molecule has 0 N–H and O–H groups in total. The van der Waals surface area contributed by atoms with E-state index in [4.69, 9.17) is 4.98 Å². The molecule has 0 unspecified atom stereocenters. The normalized spacial score (nSPS) is 14.5. The standard InChI is InChI=1S/C33H30N2/c1-5-11-24(12-6-2)25-16-18-26(19-17-25)27-20-21-31-30(23-27)33(3,4)29-15-10-22-34-32(29)35(31)28-13-8-7-9-14-28/h5-23H,1H2,2-4H3/b12-6-,24-11+. The van der Waals surface area contributed by atoms with E-state index in [1.165, 1.54) is 33.5 Å². The summed E-state index contributed by atoms with van der Waals surface area (Å²) in [6, 6.07) is 30.3. The molecule has 0 amide bonds. The van der Waals surface area contributed by atoms with Gasteiger partial charge in [0.15, 0.2) is 0 Å². The average molecular weight is 455 g/mol. The Kier molecular flexibility index (Phi) is 5.96. The van der Waals surface area contributed by atoms with E-state index in [-0.39, 0.29) is 5.41 Å². The Morgan fingerprint density at radius 3 is 2.31 bits per heavy atom. The van der Waals surface area contributed by atoms with Crippen LogP contribution < -0.4 is 4.90 Å². The number of fused-ring (bicyclic) bond motifs is 2. The molecule has 1 aliphatic heterocycles. The minimum Gasteiger partial charge on any atom is -0.294 e. The number of allylic oxidation sites excluding steroid dienone is 5. The minimum atomic E-state index is -0.175. The predicted octanol–water partition coefficient (Wildman–Crippen LogP) is 9.00. The average Bonchev–Trinajstić information content (AvgIpc) is 2.89. The summed E-state index contributed by atoms with van der Waals surface area (Å²) in [5.74, 6) is 0.999. The van der Waals surface area contributed by atoms with E-state index in [2.05, 4.69) is 116 Å². The van der Waals surface area contributed by atoms with Crippen LogP contribution in [0.1, 0.15) is 37.5 Å². The Bertz CT molecular complexity index is 1420.